The minimum Gasteiger partial charge on any atom is -0.494 e. The summed E-state index contributed by atoms with van der Waals surface area (Å²) in [6.07, 6.45) is 4.66. The first kappa shape index (κ1) is 21.4. The van der Waals surface area contributed by atoms with Crippen LogP contribution in [0.25, 0.3) is 0 Å². The largest absolute Gasteiger partial charge is 0.494 e. The second kappa shape index (κ2) is 11.6. The maximum Gasteiger partial charge on any atom is 0.222 e. The van der Waals surface area contributed by atoms with Gasteiger partial charge in [0.05, 0.1) is 6.61 Å². The average molecular weight is 395 g/mol. The van der Waals surface area contributed by atoms with Crippen molar-refractivity contribution in [3.8, 4) is 5.75 Å². The van der Waals surface area contributed by atoms with Gasteiger partial charge in [-0.05, 0) is 62.9 Å². The van der Waals surface area contributed by atoms with Crippen molar-refractivity contribution in [2.24, 2.45) is 0 Å². The third-order valence-electron chi connectivity index (χ3n) is 5.60. The number of aryl methyl sites for hydroxylation is 2. The van der Waals surface area contributed by atoms with Crippen LogP contribution in [0.2, 0.25) is 0 Å². The Bertz CT molecular complexity index is 747. The summed E-state index contributed by atoms with van der Waals surface area (Å²) in [4.78, 5) is 17.3. The van der Waals surface area contributed by atoms with Crippen LogP contribution in [0, 0.1) is 0 Å². The van der Waals surface area contributed by atoms with Crippen molar-refractivity contribution in [1.29, 1.82) is 0 Å². The number of nitrogens with zero attached hydrogens (tertiary/aromatic N) is 2. The first-order valence-electron chi connectivity index (χ1n) is 11.0. The summed E-state index contributed by atoms with van der Waals surface area (Å²) in [5, 5.41) is 0. The highest BCUT2D eigenvalue weighted by molar-refractivity contribution is 5.76. The highest BCUT2D eigenvalue weighted by atomic mass is 16.5. The van der Waals surface area contributed by atoms with Crippen molar-refractivity contribution in [3.05, 3.63) is 65.7 Å². The number of rotatable bonds is 9. The molecule has 0 radical (unpaired) electrons. The van der Waals surface area contributed by atoms with E-state index in [1.807, 2.05) is 25.1 Å². The van der Waals surface area contributed by atoms with E-state index < -0.39 is 0 Å². The molecule has 0 aliphatic carbocycles. The Hall–Kier alpha value is -2.33. The lowest BCUT2D eigenvalue weighted by Gasteiger charge is -2.22. The Labute approximate surface area is 175 Å². The number of ether oxygens (including phenoxy) is 1. The second-order valence-corrected chi connectivity index (χ2v) is 7.71. The smallest absolute Gasteiger partial charge is 0.222 e. The van der Waals surface area contributed by atoms with E-state index in [1.165, 1.54) is 12.0 Å². The van der Waals surface area contributed by atoms with E-state index in [4.69, 9.17) is 4.74 Å². The number of hydrogen-bond donors (Lipinski definition) is 0. The van der Waals surface area contributed by atoms with Gasteiger partial charge in [-0.3, -0.25) is 4.79 Å². The predicted molar refractivity (Wildman–Crippen MR) is 118 cm³/mol. The normalized spacial score (nSPS) is 15.1. The average Bonchev–Trinajstić information content (AvgIpc) is 3.00. The van der Waals surface area contributed by atoms with Crippen LogP contribution in [-0.4, -0.2) is 55.0 Å². The van der Waals surface area contributed by atoms with Gasteiger partial charge in [-0.1, -0.05) is 48.5 Å². The van der Waals surface area contributed by atoms with E-state index in [1.54, 1.807) is 0 Å². The zero-order valence-electron chi connectivity index (χ0n) is 17.7. The van der Waals surface area contributed by atoms with Gasteiger partial charge in [0.1, 0.15) is 5.75 Å². The minimum atomic E-state index is 0.266. The van der Waals surface area contributed by atoms with Crippen LogP contribution >= 0.6 is 0 Å². The summed E-state index contributed by atoms with van der Waals surface area (Å²) in [5.41, 5.74) is 2.53. The molecule has 0 atom stereocenters. The highest BCUT2D eigenvalue weighted by Gasteiger charge is 2.19. The maximum atomic E-state index is 12.8. The van der Waals surface area contributed by atoms with Crippen molar-refractivity contribution in [2.45, 2.75) is 39.0 Å². The zero-order valence-corrected chi connectivity index (χ0v) is 17.7. The number of benzene rings is 2. The molecule has 4 nitrogen and oxygen atoms in total. The van der Waals surface area contributed by atoms with Gasteiger partial charge in [-0.25, -0.2) is 0 Å². The SMILES string of the molecule is CCOc1ccccc1CCC(=O)N1CCCN(CCCc2ccccc2)CC1. The summed E-state index contributed by atoms with van der Waals surface area (Å²) >= 11 is 0. The Kier molecular flexibility index (Phi) is 8.57. The van der Waals surface area contributed by atoms with Gasteiger partial charge < -0.3 is 14.5 Å². The van der Waals surface area contributed by atoms with Crippen molar-refractivity contribution in [2.75, 3.05) is 39.3 Å². The summed E-state index contributed by atoms with van der Waals surface area (Å²) < 4.78 is 5.69. The Morgan fingerprint density at radius 2 is 1.72 bits per heavy atom. The lowest BCUT2D eigenvalue weighted by molar-refractivity contribution is -0.131. The molecule has 0 spiro atoms. The monoisotopic (exact) mass is 394 g/mol. The molecule has 1 fully saturated rings. The molecule has 1 amide bonds. The molecule has 2 aromatic rings. The van der Waals surface area contributed by atoms with Gasteiger partial charge in [0.15, 0.2) is 0 Å². The summed E-state index contributed by atoms with van der Waals surface area (Å²) in [7, 11) is 0. The second-order valence-electron chi connectivity index (χ2n) is 7.71. The van der Waals surface area contributed by atoms with Gasteiger partial charge >= 0.3 is 0 Å². The molecule has 4 heteroatoms. The quantitative estimate of drug-likeness (QED) is 0.639. The van der Waals surface area contributed by atoms with E-state index in [0.717, 1.165) is 63.3 Å². The highest BCUT2D eigenvalue weighted by Crippen LogP contribution is 2.20. The van der Waals surface area contributed by atoms with Crippen LogP contribution < -0.4 is 4.74 Å². The minimum absolute atomic E-state index is 0.266. The predicted octanol–water partition coefficient (Wildman–Crippen LogP) is 4.19. The van der Waals surface area contributed by atoms with Crippen LogP contribution in [0.5, 0.6) is 5.75 Å². The maximum absolute atomic E-state index is 12.8. The Morgan fingerprint density at radius 3 is 2.55 bits per heavy atom. The molecule has 0 bridgehead atoms. The van der Waals surface area contributed by atoms with Crippen molar-refractivity contribution < 1.29 is 9.53 Å². The van der Waals surface area contributed by atoms with E-state index >= 15 is 0 Å². The van der Waals surface area contributed by atoms with Gasteiger partial charge in [-0.15, -0.1) is 0 Å². The fraction of sp³-hybridized carbons (Fsp3) is 0.480. The van der Waals surface area contributed by atoms with Crippen molar-refractivity contribution in [1.82, 2.24) is 9.80 Å². The molecule has 1 heterocycles. The van der Waals surface area contributed by atoms with Gasteiger partial charge in [0.25, 0.3) is 0 Å². The van der Waals surface area contributed by atoms with E-state index in [2.05, 4.69) is 46.2 Å². The van der Waals surface area contributed by atoms with Gasteiger partial charge in [0.2, 0.25) is 5.91 Å². The molecule has 1 aliphatic rings. The van der Waals surface area contributed by atoms with Crippen LogP contribution in [-0.2, 0) is 17.6 Å². The van der Waals surface area contributed by atoms with Crippen LogP contribution in [0.1, 0.15) is 37.3 Å². The number of carbonyl (C=O) groups is 1. The molecule has 156 valence electrons. The molecular weight excluding hydrogens is 360 g/mol. The molecule has 0 saturated carbocycles. The summed E-state index contributed by atoms with van der Waals surface area (Å²) in [5.74, 6) is 1.17. The van der Waals surface area contributed by atoms with E-state index in [9.17, 15) is 4.79 Å². The van der Waals surface area contributed by atoms with Crippen LogP contribution in [0.4, 0.5) is 0 Å². The standard InChI is InChI=1S/C25H34N2O2/c1-2-29-24-14-7-6-13-23(24)15-16-25(28)27-19-9-18-26(20-21-27)17-8-12-22-10-4-3-5-11-22/h3-7,10-11,13-14H,2,8-9,12,15-21H2,1H3. The molecule has 0 N–H and O–H groups in total. The number of amides is 1. The molecule has 1 saturated heterocycles. The third kappa shape index (κ3) is 6.90. The molecule has 1 aliphatic heterocycles. The zero-order chi connectivity index (χ0) is 20.3. The first-order valence-corrected chi connectivity index (χ1v) is 11.0. The Balaban J connectivity index is 1.41. The first-order chi connectivity index (χ1) is 14.3. The molecule has 2 aromatic carbocycles. The van der Waals surface area contributed by atoms with E-state index in [-0.39, 0.29) is 5.91 Å². The molecule has 0 unspecified atom stereocenters. The fourth-order valence-corrected chi connectivity index (χ4v) is 4.00. The van der Waals surface area contributed by atoms with Crippen molar-refractivity contribution >= 4 is 5.91 Å². The fourth-order valence-electron chi connectivity index (χ4n) is 4.00. The number of hydrogen-bond acceptors (Lipinski definition) is 3. The lowest BCUT2D eigenvalue weighted by Crippen LogP contribution is -2.35. The summed E-state index contributed by atoms with van der Waals surface area (Å²) in [6.45, 7) is 7.54. The molecule has 3 rings (SSSR count). The van der Waals surface area contributed by atoms with Crippen LogP contribution in [0.15, 0.2) is 54.6 Å². The lowest BCUT2D eigenvalue weighted by atomic mass is 10.1. The number of para-hydroxylation sites is 1. The van der Waals surface area contributed by atoms with Crippen molar-refractivity contribution in [3.63, 3.8) is 0 Å². The summed E-state index contributed by atoms with van der Waals surface area (Å²) in [6, 6.07) is 18.7. The van der Waals surface area contributed by atoms with Gasteiger partial charge in [-0.2, -0.15) is 0 Å². The molecule has 29 heavy (non-hydrogen) atoms. The van der Waals surface area contributed by atoms with E-state index in [0.29, 0.717) is 13.0 Å². The topological polar surface area (TPSA) is 32.8 Å². The number of carbonyl (C=O) groups excluding carboxylic acids is 1. The van der Waals surface area contributed by atoms with Gasteiger partial charge in [0, 0.05) is 26.1 Å². The third-order valence-corrected chi connectivity index (χ3v) is 5.60. The molecule has 0 aromatic heterocycles. The molecular formula is C25H34N2O2. The Morgan fingerprint density at radius 1 is 0.931 bits per heavy atom. The van der Waals surface area contributed by atoms with Crippen LogP contribution in [0.3, 0.4) is 0 Å².